The molecular formula is C18H28N4O3. The molecule has 0 bridgehead atoms. The van der Waals surface area contributed by atoms with Crippen LogP contribution in [0.15, 0.2) is 0 Å². The fourth-order valence-electron chi connectivity index (χ4n) is 4.04. The molecule has 0 radical (unpaired) electrons. The molecule has 7 heteroatoms. The van der Waals surface area contributed by atoms with E-state index in [-0.39, 0.29) is 12.0 Å². The Morgan fingerprint density at radius 2 is 2.00 bits per heavy atom. The molecule has 0 aromatic carbocycles. The van der Waals surface area contributed by atoms with E-state index in [1.165, 1.54) is 5.56 Å². The van der Waals surface area contributed by atoms with Crippen LogP contribution in [0.4, 0.5) is 4.79 Å². The van der Waals surface area contributed by atoms with Crippen molar-refractivity contribution >= 4 is 12.0 Å². The lowest BCUT2D eigenvalue weighted by atomic mass is 9.95. The highest BCUT2D eigenvalue weighted by Crippen LogP contribution is 2.32. The first-order chi connectivity index (χ1) is 11.8. The lowest BCUT2D eigenvalue weighted by Gasteiger charge is -2.25. The number of carbonyl (C=O) groups is 2. The van der Waals surface area contributed by atoms with E-state index < -0.39 is 5.60 Å². The van der Waals surface area contributed by atoms with E-state index in [1.54, 1.807) is 11.9 Å². The van der Waals surface area contributed by atoms with E-state index in [0.29, 0.717) is 19.5 Å². The standard InChI is InChI=1S/C18H28N4O3/c1-13-15(14(2)21(4)19-13)6-7-16(23)22-10-5-8-18(9-11-22)12-20(3)17(24)25-18/h5-12H2,1-4H3. The summed E-state index contributed by atoms with van der Waals surface area (Å²) in [6.07, 6.45) is 3.40. The van der Waals surface area contributed by atoms with Gasteiger partial charge in [-0.15, -0.1) is 0 Å². The maximum absolute atomic E-state index is 12.7. The van der Waals surface area contributed by atoms with Gasteiger partial charge in [0.1, 0.15) is 5.60 Å². The lowest BCUT2D eigenvalue weighted by molar-refractivity contribution is -0.131. The van der Waals surface area contributed by atoms with Crippen LogP contribution in [0, 0.1) is 13.8 Å². The molecule has 1 unspecified atom stereocenters. The van der Waals surface area contributed by atoms with Crippen LogP contribution in [0.5, 0.6) is 0 Å². The van der Waals surface area contributed by atoms with Crippen LogP contribution in [-0.2, 0) is 23.0 Å². The number of likely N-dealkylation sites (tertiary alicyclic amines) is 1. The zero-order valence-corrected chi connectivity index (χ0v) is 15.7. The van der Waals surface area contributed by atoms with Crippen molar-refractivity contribution in [1.82, 2.24) is 19.6 Å². The molecule has 25 heavy (non-hydrogen) atoms. The van der Waals surface area contributed by atoms with Gasteiger partial charge in [-0.2, -0.15) is 5.10 Å². The second-order valence-electron chi connectivity index (χ2n) is 7.41. The van der Waals surface area contributed by atoms with Gasteiger partial charge in [0.15, 0.2) is 0 Å². The monoisotopic (exact) mass is 348 g/mol. The average molecular weight is 348 g/mol. The molecule has 0 aliphatic carbocycles. The van der Waals surface area contributed by atoms with Crippen molar-refractivity contribution < 1.29 is 14.3 Å². The van der Waals surface area contributed by atoms with Gasteiger partial charge in [0.05, 0.1) is 12.2 Å². The number of ether oxygens (including phenoxy) is 1. The van der Waals surface area contributed by atoms with Crippen molar-refractivity contribution in [2.24, 2.45) is 7.05 Å². The number of rotatable bonds is 3. The molecule has 2 amide bonds. The predicted octanol–water partition coefficient (Wildman–Crippen LogP) is 1.80. The van der Waals surface area contributed by atoms with E-state index in [0.717, 1.165) is 43.6 Å². The zero-order valence-electron chi connectivity index (χ0n) is 15.7. The summed E-state index contributed by atoms with van der Waals surface area (Å²) in [5.41, 5.74) is 2.90. The number of hydrogen-bond acceptors (Lipinski definition) is 4. The Labute approximate surface area is 148 Å². The number of carbonyl (C=O) groups excluding carboxylic acids is 2. The van der Waals surface area contributed by atoms with Crippen LogP contribution in [0.1, 0.15) is 42.6 Å². The minimum absolute atomic E-state index is 0.178. The molecule has 2 fully saturated rings. The molecule has 3 heterocycles. The summed E-state index contributed by atoms with van der Waals surface area (Å²) in [7, 11) is 3.70. The third-order valence-corrected chi connectivity index (χ3v) is 5.64. The Kier molecular flexibility index (Phi) is 4.75. The predicted molar refractivity (Wildman–Crippen MR) is 93.3 cm³/mol. The smallest absolute Gasteiger partial charge is 0.410 e. The summed E-state index contributed by atoms with van der Waals surface area (Å²) in [5, 5.41) is 4.42. The third-order valence-electron chi connectivity index (χ3n) is 5.64. The minimum Gasteiger partial charge on any atom is -0.441 e. The highest BCUT2D eigenvalue weighted by atomic mass is 16.6. The Morgan fingerprint density at radius 3 is 2.60 bits per heavy atom. The largest absolute Gasteiger partial charge is 0.441 e. The second-order valence-corrected chi connectivity index (χ2v) is 7.41. The van der Waals surface area contributed by atoms with Crippen LogP contribution >= 0.6 is 0 Å². The number of likely N-dealkylation sites (N-methyl/N-ethyl adjacent to an activating group) is 1. The molecule has 0 saturated carbocycles. The van der Waals surface area contributed by atoms with Gasteiger partial charge < -0.3 is 14.5 Å². The Bertz CT molecular complexity index is 684. The van der Waals surface area contributed by atoms with Crippen LogP contribution < -0.4 is 0 Å². The second kappa shape index (κ2) is 6.69. The van der Waals surface area contributed by atoms with Gasteiger partial charge in [-0.3, -0.25) is 9.48 Å². The zero-order chi connectivity index (χ0) is 18.2. The molecule has 7 nitrogen and oxygen atoms in total. The van der Waals surface area contributed by atoms with Gasteiger partial charge >= 0.3 is 6.09 Å². The van der Waals surface area contributed by atoms with Gasteiger partial charge in [0.25, 0.3) is 0 Å². The number of amides is 2. The van der Waals surface area contributed by atoms with Gasteiger partial charge in [0.2, 0.25) is 5.91 Å². The van der Waals surface area contributed by atoms with E-state index >= 15 is 0 Å². The van der Waals surface area contributed by atoms with E-state index in [4.69, 9.17) is 4.74 Å². The molecule has 2 saturated heterocycles. The van der Waals surface area contributed by atoms with E-state index in [9.17, 15) is 9.59 Å². The van der Waals surface area contributed by atoms with Crippen molar-refractivity contribution in [2.45, 2.75) is 51.6 Å². The highest BCUT2D eigenvalue weighted by Gasteiger charge is 2.44. The number of nitrogens with zero attached hydrogens (tertiary/aromatic N) is 4. The van der Waals surface area contributed by atoms with Crippen molar-refractivity contribution in [3.8, 4) is 0 Å². The molecule has 2 aliphatic rings. The minimum atomic E-state index is -0.405. The maximum Gasteiger partial charge on any atom is 0.410 e. The number of aromatic nitrogens is 2. The Morgan fingerprint density at radius 1 is 1.24 bits per heavy atom. The molecule has 1 aromatic rings. The summed E-state index contributed by atoms with van der Waals surface area (Å²) < 4.78 is 7.48. The lowest BCUT2D eigenvalue weighted by Crippen LogP contribution is -2.36. The van der Waals surface area contributed by atoms with Crippen molar-refractivity contribution in [1.29, 1.82) is 0 Å². The van der Waals surface area contributed by atoms with E-state index in [2.05, 4.69) is 5.10 Å². The summed E-state index contributed by atoms with van der Waals surface area (Å²) >= 11 is 0. The first-order valence-corrected chi connectivity index (χ1v) is 9.02. The maximum atomic E-state index is 12.7. The average Bonchev–Trinajstić information content (AvgIpc) is 2.87. The summed E-state index contributed by atoms with van der Waals surface area (Å²) in [6.45, 7) is 6.06. The molecule has 138 valence electrons. The van der Waals surface area contributed by atoms with Gasteiger partial charge in [-0.25, -0.2) is 4.79 Å². The van der Waals surface area contributed by atoms with Gasteiger partial charge in [0, 0.05) is 45.7 Å². The normalized spacial score (nSPS) is 23.9. The van der Waals surface area contributed by atoms with Crippen LogP contribution in [-0.4, -0.2) is 63.9 Å². The van der Waals surface area contributed by atoms with Crippen molar-refractivity contribution in [2.75, 3.05) is 26.7 Å². The molecule has 0 N–H and O–H groups in total. The van der Waals surface area contributed by atoms with Crippen molar-refractivity contribution in [3.05, 3.63) is 17.0 Å². The van der Waals surface area contributed by atoms with Crippen molar-refractivity contribution in [3.63, 3.8) is 0 Å². The quantitative estimate of drug-likeness (QED) is 0.835. The third kappa shape index (κ3) is 3.50. The molecule has 1 spiro atoms. The molecule has 1 atom stereocenters. The fraction of sp³-hybridized carbons (Fsp3) is 0.722. The first kappa shape index (κ1) is 17.8. The van der Waals surface area contributed by atoms with Gasteiger partial charge in [-0.1, -0.05) is 0 Å². The van der Waals surface area contributed by atoms with Crippen LogP contribution in [0.2, 0.25) is 0 Å². The van der Waals surface area contributed by atoms with Crippen LogP contribution in [0.3, 0.4) is 0 Å². The van der Waals surface area contributed by atoms with Gasteiger partial charge in [-0.05, 0) is 38.7 Å². The topological polar surface area (TPSA) is 67.7 Å². The first-order valence-electron chi connectivity index (χ1n) is 9.02. The molecule has 3 rings (SSSR count). The van der Waals surface area contributed by atoms with E-state index in [1.807, 2.05) is 30.5 Å². The molecule has 1 aromatic heterocycles. The Hall–Kier alpha value is -2.05. The summed E-state index contributed by atoms with van der Waals surface area (Å²) in [6, 6.07) is 0. The fourth-order valence-corrected chi connectivity index (χ4v) is 4.04. The van der Waals surface area contributed by atoms with Crippen LogP contribution in [0.25, 0.3) is 0 Å². The number of hydrogen-bond donors (Lipinski definition) is 0. The Balaban J connectivity index is 1.57. The highest BCUT2D eigenvalue weighted by molar-refractivity contribution is 5.76. The summed E-state index contributed by atoms with van der Waals surface area (Å²) in [4.78, 5) is 27.9. The molecule has 2 aliphatic heterocycles. The molecular weight excluding hydrogens is 320 g/mol. The number of aryl methyl sites for hydroxylation is 2. The SMILES string of the molecule is Cc1nn(C)c(C)c1CCC(=O)N1CCCC2(CC1)CN(C)C(=O)O2. The summed E-state index contributed by atoms with van der Waals surface area (Å²) in [5.74, 6) is 0.178.